The third-order valence-electron chi connectivity index (χ3n) is 3.92. The van der Waals surface area contributed by atoms with Crippen molar-refractivity contribution >= 4 is 27.8 Å². The molecule has 3 rings (SSSR count). The normalized spacial score (nSPS) is 22.1. The molecular formula is C15H23N3O2S. The maximum absolute atomic E-state index is 12.4. The van der Waals surface area contributed by atoms with E-state index in [9.17, 15) is 4.79 Å². The quantitative estimate of drug-likeness (QED) is 0.815. The van der Waals surface area contributed by atoms with E-state index in [1.54, 1.807) is 0 Å². The van der Waals surface area contributed by atoms with Crippen molar-refractivity contribution in [1.29, 1.82) is 0 Å². The first kappa shape index (κ1) is 14.7. The average Bonchev–Trinajstić information content (AvgIpc) is 3.12. The smallest absolute Gasteiger partial charge is 0.178 e. The molecule has 1 aliphatic heterocycles. The number of ether oxygens (including phenoxy) is 1. The second-order valence-corrected chi connectivity index (χ2v) is 7.28. The summed E-state index contributed by atoms with van der Waals surface area (Å²) in [6.07, 6.45) is 2.96. The minimum atomic E-state index is 0.0285. The van der Waals surface area contributed by atoms with Crippen molar-refractivity contribution in [1.82, 2.24) is 0 Å². The van der Waals surface area contributed by atoms with Gasteiger partial charge >= 0.3 is 0 Å². The zero-order valence-corrected chi connectivity index (χ0v) is 13.4. The number of Topliss-reactive ketones (excluding diaryl/α,β-unsaturated/α-hetero) is 1. The zero-order chi connectivity index (χ0) is 15.1. The van der Waals surface area contributed by atoms with Crippen LogP contribution in [0.15, 0.2) is 0 Å². The topological polar surface area (TPSA) is 81.6 Å². The van der Waals surface area contributed by atoms with Crippen molar-refractivity contribution in [3.8, 4) is 5.75 Å². The van der Waals surface area contributed by atoms with Crippen LogP contribution in [0.4, 0.5) is 10.7 Å². The van der Waals surface area contributed by atoms with Crippen LogP contribution < -0.4 is 21.1 Å². The number of nitrogens with zero attached hydrogens (tertiary/aromatic N) is 1. The summed E-state index contributed by atoms with van der Waals surface area (Å²) in [7, 11) is 0. The fraction of sp³-hybridized carbons (Fsp3) is 0.667. The number of ketones is 1. The molecule has 5 nitrogen and oxygen atoms in total. The first-order valence-corrected chi connectivity index (χ1v) is 8.42. The Hall–Kier alpha value is -1.27. The molecule has 21 heavy (non-hydrogen) atoms. The number of hydrogen-bond acceptors (Lipinski definition) is 6. The summed E-state index contributed by atoms with van der Waals surface area (Å²) >= 11 is 1.47. The summed E-state index contributed by atoms with van der Waals surface area (Å²) in [5.41, 5.74) is 12.7. The molecule has 2 fully saturated rings. The van der Waals surface area contributed by atoms with Gasteiger partial charge in [-0.1, -0.05) is 0 Å². The molecule has 0 radical (unpaired) electrons. The van der Waals surface area contributed by atoms with E-state index in [1.807, 2.05) is 13.8 Å². The highest BCUT2D eigenvalue weighted by molar-refractivity contribution is 7.19. The maximum atomic E-state index is 12.4. The van der Waals surface area contributed by atoms with Crippen molar-refractivity contribution in [3.63, 3.8) is 0 Å². The van der Waals surface area contributed by atoms with E-state index in [0.717, 1.165) is 37.4 Å². The zero-order valence-electron chi connectivity index (χ0n) is 12.6. The standard InChI is InChI=1S/C15H23N3O2S/c1-8(2)20-13-11(17)14(12(19)9-3-4-9)21-15(13)18-6-5-10(16)7-18/h8-10H,3-7,16-17H2,1-2H3. The first-order chi connectivity index (χ1) is 9.97. The molecule has 0 amide bonds. The Labute approximate surface area is 129 Å². The van der Waals surface area contributed by atoms with E-state index in [1.165, 1.54) is 11.3 Å². The van der Waals surface area contributed by atoms with Crippen LogP contribution >= 0.6 is 11.3 Å². The Balaban J connectivity index is 1.95. The molecule has 1 saturated heterocycles. The van der Waals surface area contributed by atoms with Crippen LogP contribution in [0.3, 0.4) is 0 Å². The van der Waals surface area contributed by atoms with Crippen LogP contribution in [0.1, 0.15) is 42.8 Å². The van der Waals surface area contributed by atoms with Crippen LogP contribution in [0, 0.1) is 5.92 Å². The van der Waals surface area contributed by atoms with E-state index in [2.05, 4.69) is 4.90 Å². The van der Waals surface area contributed by atoms with Crippen molar-refractivity contribution in [3.05, 3.63) is 4.88 Å². The summed E-state index contributed by atoms with van der Waals surface area (Å²) in [5, 5.41) is 0.971. The van der Waals surface area contributed by atoms with Gasteiger partial charge in [0.05, 0.1) is 16.7 Å². The highest BCUT2D eigenvalue weighted by Gasteiger charge is 2.36. The molecule has 0 aromatic carbocycles. The van der Waals surface area contributed by atoms with Gasteiger partial charge in [-0.25, -0.2) is 0 Å². The van der Waals surface area contributed by atoms with Crippen molar-refractivity contribution in [2.75, 3.05) is 23.7 Å². The molecule has 2 heterocycles. The number of nitrogens with two attached hydrogens (primary N) is 2. The minimum Gasteiger partial charge on any atom is -0.486 e. The summed E-state index contributed by atoms with van der Waals surface area (Å²) in [4.78, 5) is 15.3. The predicted molar refractivity (Wildman–Crippen MR) is 86.4 cm³/mol. The second kappa shape index (κ2) is 5.50. The predicted octanol–water partition coefficient (Wildman–Crippen LogP) is 2.25. The Bertz CT molecular complexity index is 551. The third kappa shape index (κ3) is 2.87. The molecule has 2 aliphatic rings. The largest absolute Gasteiger partial charge is 0.486 e. The van der Waals surface area contributed by atoms with Gasteiger partial charge in [-0.2, -0.15) is 0 Å². The molecule has 4 N–H and O–H groups in total. The number of thiophene rings is 1. The first-order valence-electron chi connectivity index (χ1n) is 7.61. The van der Waals surface area contributed by atoms with E-state index in [0.29, 0.717) is 16.3 Å². The molecule has 1 aromatic heterocycles. The summed E-state index contributed by atoms with van der Waals surface area (Å²) < 4.78 is 5.91. The number of anilines is 2. The van der Waals surface area contributed by atoms with Crippen molar-refractivity contribution in [2.24, 2.45) is 11.7 Å². The van der Waals surface area contributed by atoms with Gasteiger partial charge in [0.2, 0.25) is 0 Å². The number of carbonyl (C=O) groups excluding carboxylic acids is 1. The Morgan fingerprint density at radius 2 is 2.10 bits per heavy atom. The lowest BCUT2D eigenvalue weighted by atomic mass is 10.2. The molecule has 1 aromatic rings. The molecule has 6 heteroatoms. The summed E-state index contributed by atoms with van der Waals surface area (Å²) in [5.74, 6) is 1.03. The van der Waals surface area contributed by atoms with Gasteiger partial charge in [0, 0.05) is 25.0 Å². The lowest BCUT2D eigenvalue weighted by molar-refractivity contribution is 0.0972. The Morgan fingerprint density at radius 1 is 1.38 bits per heavy atom. The summed E-state index contributed by atoms with van der Waals surface area (Å²) in [6.45, 7) is 5.64. The monoisotopic (exact) mass is 309 g/mol. The molecule has 1 unspecified atom stereocenters. The third-order valence-corrected chi connectivity index (χ3v) is 5.18. The van der Waals surface area contributed by atoms with E-state index in [-0.39, 0.29) is 23.8 Å². The molecule has 116 valence electrons. The second-order valence-electron chi connectivity index (χ2n) is 6.28. The molecule has 1 saturated carbocycles. The van der Waals surface area contributed by atoms with Crippen LogP contribution in [0.5, 0.6) is 5.75 Å². The molecule has 1 aliphatic carbocycles. The van der Waals surface area contributed by atoms with Crippen molar-refractivity contribution in [2.45, 2.75) is 45.3 Å². The number of carbonyl (C=O) groups is 1. The SMILES string of the molecule is CC(C)Oc1c(N2CCC(N)C2)sc(C(=O)C2CC2)c1N. The number of nitrogen functional groups attached to an aromatic ring is 1. The molecule has 0 spiro atoms. The number of rotatable bonds is 5. The van der Waals surface area contributed by atoms with Gasteiger partial charge in [0.25, 0.3) is 0 Å². The Morgan fingerprint density at radius 3 is 2.62 bits per heavy atom. The maximum Gasteiger partial charge on any atom is 0.178 e. The van der Waals surface area contributed by atoms with E-state index in [4.69, 9.17) is 16.2 Å². The van der Waals surface area contributed by atoms with Crippen LogP contribution in [0.25, 0.3) is 0 Å². The van der Waals surface area contributed by atoms with Crippen molar-refractivity contribution < 1.29 is 9.53 Å². The lowest BCUT2D eigenvalue weighted by Crippen LogP contribution is -2.26. The average molecular weight is 309 g/mol. The van der Waals surface area contributed by atoms with E-state index < -0.39 is 0 Å². The fourth-order valence-corrected chi connectivity index (χ4v) is 3.87. The fourth-order valence-electron chi connectivity index (χ4n) is 2.66. The van der Waals surface area contributed by atoms with Gasteiger partial charge in [0.1, 0.15) is 5.00 Å². The van der Waals surface area contributed by atoms with Gasteiger partial charge in [-0.3, -0.25) is 4.79 Å². The number of hydrogen-bond donors (Lipinski definition) is 2. The molecular weight excluding hydrogens is 286 g/mol. The van der Waals surface area contributed by atoms with E-state index >= 15 is 0 Å². The van der Waals surface area contributed by atoms with Gasteiger partial charge in [-0.15, -0.1) is 11.3 Å². The minimum absolute atomic E-state index is 0.0285. The van der Waals surface area contributed by atoms with Crippen LogP contribution in [-0.4, -0.2) is 31.0 Å². The highest BCUT2D eigenvalue weighted by Crippen LogP contribution is 2.48. The van der Waals surface area contributed by atoms with Gasteiger partial charge in [0.15, 0.2) is 11.5 Å². The Kier molecular flexibility index (Phi) is 3.84. The van der Waals surface area contributed by atoms with Crippen LogP contribution in [0.2, 0.25) is 0 Å². The highest BCUT2D eigenvalue weighted by atomic mass is 32.1. The van der Waals surface area contributed by atoms with Crippen LogP contribution in [-0.2, 0) is 0 Å². The molecule has 1 atom stereocenters. The summed E-state index contributed by atoms with van der Waals surface area (Å²) in [6, 6.07) is 0.183. The van der Waals surface area contributed by atoms with Gasteiger partial charge in [-0.05, 0) is 33.1 Å². The molecule has 0 bridgehead atoms. The lowest BCUT2D eigenvalue weighted by Gasteiger charge is -2.19. The van der Waals surface area contributed by atoms with Gasteiger partial charge < -0.3 is 21.1 Å².